The number of nitrogens with zero attached hydrogens (tertiary/aromatic N) is 1. The van der Waals surface area contributed by atoms with Gasteiger partial charge in [0.2, 0.25) is 0 Å². The first-order chi connectivity index (χ1) is 14.6. The van der Waals surface area contributed by atoms with E-state index in [2.05, 4.69) is 5.32 Å². The van der Waals surface area contributed by atoms with Crippen molar-refractivity contribution in [1.29, 1.82) is 5.26 Å². The van der Waals surface area contributed by atoms with Crippen molar-refractivity contribution in [2.75, 3.05) is 11.9 Å². The first kappa shape index (κ1) is 21.4. The number of carbonyl (C=O) groups is 2. The molecule has 7 heteroatoms. The smallest absolute Gasteiger partial charge is 0.324 e. The fourth-order valence-electron chi connectivity index (χ4n) is 2.63. The van der Waals surface area contributed by atoms with Crippen molar-refractivity contribution in [2.24, 2.45) is 0 Å². The van der Waals surface area contributed by atoms with E-state index in [0.717, 1.165) is 10.5 Å². The molecule has 3 rings (SSSR count). The van der Waals surface area contributed by atoms with E-state index in [-0.39, 0.29) is 11.3 Å². The highest BCUT2D eigenvalue weighted by molar-refractivity contribution is 8.00. The minimum Gasteiger partial charge on any atom is -0.454 e. The Balaban J connectivity index is 1.68. The van der Waals surface area contributed by atoms with E-state index < -0.39 is 23.7 Å². The van der Waals surface area contributed by atoms with Crippen LogP contribution in [0.4, 0.5) is 5.69 Å². The van der Waals surface area contributed by atoms with Crippen LogP contribution in [0.15, 0.2) is 83.8 Å². The summed E-state index contributed by atoms with van der Waals surface area (Å²) >= 11 is 7.27. The Bertz CT molecular complexity index is 1070. The fraction of sp³-hybridized carbons (Fsp3) is 0.0870. The first-order valence-electron chi connectivity index (χ1n) is 8.99. The van der Waals surface area contributed by atoms with Crippen LogP contribution in [0.2, 0.25) is 5.02 Å². The summed E-state index contributed by atoms with van der Waals surface area (Å²) in [6.07, 6.45) is 0. The summed E-state index contributed by atoms with van der Waals surface area (Å²) in [6.45, 7) is -0.477. The summed E-state index contributed by atoms with van der Waals surface area (Å²) in [4.78, 5) is 26.0. The lowest BCUT2D eigenvalue weighted by Gasteiger charge is -2.16. The van der Waals surface area contributed by atoms with Crippen molar-refractivity contribution in [3.63, 3.8) is 0 Å². The highest BCUT2D eigenvalue weighted by Gasteiger charge is 2.24. The molecule has 150 valence electrons. The van der Waals surface area contributed by atoms with Gasteiger partial charge in [0.05, 0.1) is 11.3 Å². The van der Waals surface area contributed by atoms with Crippen LogP contribution in [-0.2, 0) is 14.3 Å². The zero-order valence-corrected chi connectivity index (χ0v) is 17.3. The largest absolute Gasteiger partial charge is 0.454 e. The van der Waals surface area contributed by atoms with E-state index in [9.17, 15) is 9.59 Å². The van der Waals surface area contributed by atoms with Crippen molar-refractivity contribution >= 4 is 40.9 Å². The number of benzene rings is 3. The fourth-order valence-corrected chi connectivity index (χ4v) is 3.85. The Morgan fingerprint density at radius 1 is 1.03 bits per heavy atom. The normalized spacial score (nSPS) is 11.2. The number of halogens is 1. The van der Waals surface area contributed by atoms with Gasteiger partial charge in [0, 0.05) is 9.92 Å². The maximum absolute atomic E-state index is 12.8. The number of nitriles is 1. The lowest BCUT2D eigenvalue weighted by atomic mass is 10.1. The number of nitrogens with one attached hydrogen (secondary N) is 1. The summed E-state index contributed by atoms with van der Waals surface area (Å²) < 4.78 is 5.28. The molecule has 0 aromatic heterocycles. The van der Waals surface area contributed by atoms with Gasteiger partial charge in [0.1, 0.15) is 11.3 Å². The molecule has 3 aromatic carbocycles. The van der Waals surface area contributed by atoms with Gasteiger partial charge in [-0.05, 0) is 35.9 Å². The van der Waals surface area contributed by atoms with Crippen LogP contribution in [0.1, 0.15) is 16.4 Å². The Labute approximate surface area is 183 Å². The van der Waals surface area contributed by atoms with Gasteiger partial charge in [0.15, 0.2) is 6.61 Å². The van der Waals surface area contributed by atoms with Gasteiger partial charge in [0.25, 0.3) is 5.91 Å². The third-order valence-corrected chi connectivity index (χ3v) is 5.51. The first-order valence-corrected chi connectivity index (χ1v) is 10.3. The SMILES string of the molecule is N#Cc1ccc(Cl)cc1NC(=O)COC(=O)[C@H](Sc1ccccc1)c1ccccc1. The van der Waals surface area contributed by atoms with Gasteiger partial charge >= 0.3 is 5.97 Å². The van der Waals surface area contributed by atoms with Crippen molar-refractivity contribution in [3.8, 4) is 6.07 Å². The summed E-state index contributed by atoms with van der Waals surface area (Å²) in [7, 11) is 0. The predicted octanol–water partition coefficient (Wildman–Crippen LogP) is 5.23. The van der Waals surface area contributed by atoms with Gasteiger partial charge in [-0.15, -0.1) is 11.8 Å². The average Bonchev–Trinajstić information content (AvgIpc) is 2.77. The number of esters is 1. The monoisotopic (exact) mass is 436 g/mol. The highest BCUT2D eigenvalue weighted by atomic mass is 35.5. The zero-order chi connectivity index (χ0) is 21.3. The predicted molar refractivity (Wildman–Crippen MR) is 117 cm³/mol. The zero-order valence-electron chi connectivity index (χ0n) is 15.7. The van der Waals surface area contributed by atoms with Crippen LogP contribution in [0.3, 0.4) is 0 Å². The van der Waals surface area contributed by atoms with Gasteiger partial charge in [-0.2, -0.15) is 5.26 Å². The topological polar surface area (TPSA) is 79.2 Å². The Hall–Kier alpha value is -3.27. The molecule has 0 aliphatic heterocycles. The van der Waals surface area contributed by atoms with Crippen molar-refractivity contribution in [1.82, 2.24) is 0 Å². The second-order valence-corrected chi connectivity index (χ2v) is 7.79. The molecule has 0 saturated heterocycles. The van der Waals surface area contributed by atoms with E-state index in [4.69, 9.17) is 21.6 Å². The number of rotatable bonds is 7. The minimum atomic E-state index is -0.623. The highest BCUT2D eigenvalue weighted by Crippen LogP contribution is 2.36. The van der Waals surface area contributed by atoms with Crippen LogP contribution < -0.4 is 5.32 Å². The van der Waals surface area contributed by atoms with Crippen molar-refractivity contribution in [3.05, 3.63) is 95.0 Å². The molecule has 0 radical (unpaired) electrons. The Morgan fingerprint density at radius 2 is 1.70 bits per heavy atom. The molecule has 0 bridgehead atoms. The molecule has 30 heavy (non-hydrogen) atoms. The molecule has 0 heterocycles. The van der Waals surface area contributed by atoms with Crippen LogP contribution in [-0.4, -0.2) is 18.5 Å². The van der Waals surface area contributed by atoms with Crippen molar-refractivity contribution < 1.29 is 14.3 Å². The molecule has 0 fully saturated rings. The number of carbonyl (C=O) groups excluding carboxylic acids is 2. The lowest BCUT2D eigenvalue weighted by molar-refractivity contribution is -0.146. The molecule has 0 aliphatic carbocycles. The lowest BCUT2D eigenvalue weighted by Crippen LogP contribution is -2.23. The van der Waals surface area contributed by atoms with Crippen LogP contribution in [0.25, 0.3) is 0 Å². The number of hydrogen-bond donors (Lipinski definition) is 1. The molecule has 1 atom stereocenters. The van der Waals surface area contributed by atoms with E-state index in [1.807, 2.05) is 66.7 Å². The van der Waals surface area contributed by atoms with Gasteiger partial charge in [-0.3, -0.25) is 9.59 Å². The minimum absolute atomic E-state index is 0.265. The molecule has 0 saturated carbocycles. The molecule has 1 N–H and O–H groups in total. The van der Waals surface area contributed by atoms with Gasteiger partial charge in [-0.25, -0.2) is 0 Å². The van der Waals surface area contributed by atoms with Crippen LogP contribution in [0, 0.1) is 11.3 Å². The number of anilines is 1. The summed E-state index contributed by atoms with van der Waals surface area (Å²) in [6, 6.07) is 25.2. The number of hydrogen-bond acceptors (Lipinski definition) is 5. The summed E-state index contributed by atoms with van der Waals surface area (Å²) in [5.74, 6) is -1.09. The van der Waals surface area contributed by atoms with Gasteiger partial charge < -0.3 is 10.1 Å². The molecule has 0 aliphatic rings. The Kier molecular flexibility index (Phi) is 7.50. The average molecular weight is 437 g/mol. The molecule has 5 nitrogen and oxygen atoms in total. The summed E-state index contributed by atoms with van der Waals surface area (Å²) in [5.41, 5.74) is 1.31. The van der Waals surface area contributed by atoms with E-state index in [1.165, 1.54) is 23.9 Å². The summed E-state index contributed by atoms with van der Waals surface area (Å²) in [5, 5.41) is 11.5. The second-order valence-electron chi connectivity index (χ2n) is 6.18. The number of amides is 1. The van der Waals surface area contributed by atoms with Gasteiger partial charge in [-0.1, -0.05) is 60.1 Å². The third-order valence-electron chi connectivity index (χ3n) is 4.04. The molecule has 0 unspecified atom stereocenters. The Morgan fingerprint density at radius 3 is 2.37 bits per heavy atom. The van der Waals surface area contributed by atoms with Crippen LogP contribution >= 0.6 is 23.4 Å². The molecule has 0 spiro atoms. The quantitative estimate of drug-likeness (QED) is 0.405. The molecular weight excluding hydrogens is 420 g/mol. The maximum atomic E-state index is 12.8. The van der Waals surface area contributed by atoms with Crippen LogP contribution in [0.5, 0.6) is 0 Å². The maximum Gasteiger partial charge on any atom is 0.324 e. The second kappa shape index (κ2) is 10.5. The van der Waals surface area contributed by atoms with E-state index in [1.54, 1.807) is 6.07 Å². The number of thioether (sulfide) groups is 1. The van der Waals surface area contributed by atoms with E-state index in [0.29, 0.717) is 5.02 Å². The molecule has 1 amide bonds. The standard InChI is InChI=1S/C23H17ClN2O3S/c24-18-12-11-17(14-25)20(13-18)26-21(27)15-29-23(28)22(16-7-3-1-4-8-16)30-19-9-5-2-6-10-19/h1-13,22H,15H2,(H,26,27)/t22-/m1/s1. The van der Waals surface area contributed by atoms with E-state index >= 15 is 0 Å². The van der Waals surface area contributed by atoms with Crippen molar-refractivity contribution in [2.45, 2.75) is 10.1 Å². The third kappa shape index (κ3) is 5.86. The molecule has 3 aromatic rings. The molecular formula is C23H17ClN2O3S. The number of ether oxygens (including phenoxy) is 1.